The summed E-state index contributed by atoms with van der Waals surface area (Å²) in [6, 6.07) is 18.7. The lowest BCUT2D eigenvalue weighted by molar-refractivity contribution is -0.134. The summed E-state index contributed by atoms with van der Waals surface area (Å²) in [5, 5.41) is 6.12. The number of piperidine rings is 1. The zero-order valence-electron chi connectivity index (χ0n) is 18.9. The molecule has 2 N–H and O–H groups in total. The van der Waals surface area contributed by atoms with Crippen molar-refractivity contribution in [3.63, 3.8) is 0 Å². The molecule has 0 bridgehead atoms. The number of aryl methyl sites for hydroxylation is 1. The van der Waals surface area contributed by atoms with Gasteiger partial charge in [-0.1, -0.05) is 60.2 Å². The number of benzene rings is 2. The maximum absolute atomic E-state index is 12.8. The van der Waals surface area contributed by atoms with E-state index in [0.717, 1.165) is 39.0 Å². The summed E-state index contributed by atoms with van der Waals surface area (Å²) < 4.78 is 0. The third-order valence-electron chi connectivity index (χ3n) is 6.53. The highest BCUT2D eigenvalue weighted by Crippen LogP contribution is 2.17. The van der Waals surface area contributed by atoms with E-state index >= 15 is 0 Å². The third-order valence-corrected chi connectivity index (χ3v) is 6.53. The van der Waals surface area contributed by atoms with Crippen molar-refractivity contribution in [3.8, 4) is 0 Å². The minimum atomic E-state index is -0.414. The van der Waals surface area contributed by atoms with E-state index in [-0.39, 0.29) is 24.3 Å². The number of nitrogens with one attached hydrogen (secondary N) is 2. The zero-order valence-corrected chi connectivity index (χ0v) is 18.9. The molecule has 0 radical (unpaired) electrons. The normalized spacial score (nSPS) is 20.7. The fourth-order valence-electron chi connectivity index (χ4n) is 4.64. The minimum absolute atomic E-state index is 0.0255. The van der Waals surface area contributed by atoms with Crippen molar-refractivity contribution in [2.45, 2.75) is 51.4 Å². The molecular formula is C26H34N4O2. The van der Waals surface area contributed by atoms with Gasteiger partial charge in [-0.25, -0.2) is 0 Å². The Hall–Kier alpha value is -2.70. The molecule has 0 aliphatic carbocycles. The molecule has 170 valence electrons. The van der Waals surface area contributed by atoms with Gasteiger partial charge in [-0.05, 0) is 30.9 Å². The first-order valence-corrected chi connectivity index (χ1v) is 11.7. The number of likely N-dealkylation sites (tertiary alicyclic amines) is 1. The summed E-state index contributed by atoms with van der Waals surface area (Å²) in [5.41, 5.74) is 3.71. The minimum Gasteiger partial charge on any atom is -0.353 e. The van der Waals surface area contributed by atoms with Crippen molar-refractivity contribution < 1.29 is 9.59 Å². The third kappa shape index (κ3) is 6.17. The van der Waals surface area contributed by atoms with E-state index in [9.17, 15) is 9.59 Å². The van der Waals surface area contributed by atoms with Crippen LogP contribution in [-0.4, -0.2) is 59.9 Å². The van der Waals surface area contributed by atoms with E-state index in [0.29, 0.717) is 13.1 Å². The van der Waals surface area contributed by atoms with E-state index in [2.05, 4.69) is 75.9 Å². The second kappa shape index (κ2) is 10.7. The van der Waals surface area contributed by atoms with E-state index in [1.807, 2.05) is 6.07 Å². The smallest absolute Gasteiger partial charge is 0.237 e. The summed E-state index contributed by atoms with van der Waals surface area (Å²) in [5.74, 6) is -0.0707. The first kappa shape index (κ1) is 22.5. The van der Waals surface area contributed by atoms with Crippen LogP contribution < -0.4 is 10.6 Å². The Labute approximate surface area is 191 Å². The van der Waals surface area contributed by atoms with Crippen molar-refractivity contribution in [1.82, 2.24) is 20.4 Å². The van der Waals surface area contributed by atoms with Crippen LogP contribution in [0.2, 0.25) is 0 Å². The van der Waals surface area contributed by atoms with Gasteiger partial charge in [-0.3, -0.25) is 19.4 Å². The fraction of sp³-hybridized carbons (Fsp3) is 0.462. The molecule has 2 saturated heterocycles. The van der Waals surface area contributed by atoms with Crippen LogP contribution >= 0.6 is 0 Å². The summed E-state index contributed by atoms with van der Waals surface area (Å²) >= 11 is 0. The molecule has 2 heterocycles. The SMILES string of the molecule is Cc1ccc(CN2CCNC(=O)C2CC(=O)NC2CCN(Cc3ccccc3)CC2)cc1. The maximum atomic E-state index is 12.8. The van der Waals surface area contributed by atoms with Crippen molar-refractivity contribution in [1.29, 1.82) is 0 Å². The van der Waals surface area contributed by atoms with Gasteiger partial charge in [0.2, 0.25) is 11.8 Å². The molecule has 2 aliphatic heterocycles. The highest BCUT2D eigenvalue weighted by Gasteiger charge is 2.32. The highest BCUT2D eigenvalue weighted by atomic mass is 16.2. The predicted molar refractivity (Wildman–Crippen MR) is 126 cm³/mol. The Balaban J connectivity index is 1.26. The molecule has 2 amide bonds. The first-order valence-electron chi connectivity index (χ1n) is 11.7. The van der Waals surface area contributed by atoms with Crippen LogP contribution in [0.4, 0.5) is 0 Å². The van der Waals surface area contributed by atoms with Gasteiger partial charge in [0, 0.05) is 45.3 Å². The van der Waals surface area contributed by atoms with Crippen molar-refractivity contribution in [2.75, 3.05) is 26.2 Å². The standard InChI is InChI=1S/C26H34N4O2/c1-20-7-9-22(10-8-20)19-30-16-13-27-26(32)24(30)17-25(31)28-23-11-14-29(15-12-23)18-21-5-3-2-4-6-21/h2-10,23-24H,11-19H2,1H3,(H,27,32)(H,28,31). The maximum Gasteiger partial charge on any atom is 0.237 e. The second-order valence-electron chi connectivity index (χ2n) is 9.07. The summed E-state index contributed by atoms with van der Waals surface area (Å²) in [6.07, 6.45) is 2.10. The van der Waals surface area contributed by atoms with Gasteiger partial charge in [0.25, 0.3) is 0 Å². The molecule has 2 aromatic carbocycles. The summed E-state index contributed by atoms with van der Waals surface area (Å²) in [7, 11) is 0. The number of rotatable bonds is 7. The van der Waals surface area contributed by atoms with Crippen LogP contribution in [-0.2, 0) is 22.7 Å². The monoisotopic (exact) mass is 434 g/mol. The van der Waals surface area contributed by atoms with Crippen molar-refractivity contribution in [2.24, 2.45) is 0 Å². The molecule has 2 aliphatic rings. The number of carbonyl (C=O) groups excluding carboxylic acids is 2. The van der Waals surface area contributed by atoms with Crippen LogP contribution in [0, 0.1) is 6.92 Å². The predicted octanol–water partition coefficient (Wildman–Crippen LogP) is 2.47. The van der Waals surface area contributed by atoms with Crippen LogP contribution in [0.5, 0.6) is 0 Å². The molecule has 1 atom stereocenters. The average Bonchev–Trinajstić information content (AvgIpc) is 2.80. The summed E-state index contributed by atoms with van der Waals surface area (Å²) in [4.78, 5) is 29.9. The number of carbonyl (C=O) groups is 2. The van der Waals surface area contributed by atoms with E-state index in [1.165, 1.54) is 16.7 Å². The van der Waals surface area contributed by atoms with Gasteiger partial charge in [0.1, 0.15) is 0 Å². The lowest BCUT2D eigenvalue weighted by Gasteiger charge is -2.36. The van der Waals surface area contributed by atoms with Crippen molar-refractivity contribution >= 4 is 11.8 Å². The van der Waals surface area contributed by atoms with Crippen LogP contribution in [0.25, 0.3) is 0 Å². The number of hydrogen-bond acceptors (Lipinski definition) is 4. The van der Waals surface area contributed by atoms with E-state index in [1.54, 1.807) is 0 Å². The average molecular weight is 435 g/mol. The van der Waals surface area contributed by atoms with Gasteiger partial charge in [0.05, 0.1) is 12.5 Å². The summed E-state index contributed by atoms with van der Waals surface area (Å²) in [6.45, 7) is 7.05. The first-order chi connectivity index (χ1) is 15.6. The van der Waals surface area contributed by atoms with Gasteiger partial charge in [-0.15, -0.1) is 0 Å². The van der Waals surface area contributed by atoms with Gasteiger partial charge in [0.15, 0.2) is 0 Å². The molecule has 6 nitrogen and oxygen atoms in total. The molecule has 0 aromatic heterocycles. The molecule has 0 spiro atoms. The molecule has 4 rings (SSSR count). The van der Waals surface area contributed by atoms with E-state index in [4.69, 9.17) is 0 Å². The molecule has 0 saturated carbocycles. The Morgan fingerprint density at radius 1 is 0.969 bits per heavy atom. The molecule has 6 heteroatoms. The molecule has 1 unspecified atom stereocenters. The largest absolute Gasteiger partial charge is 0.353 e. The quantitative estimate of drug-likeness (QED) is 0.703. The van der Waals surface area contributed by atoms with Crippen molar-refractivity contribution in [3.05, 3.63) is 71.3 Å². The topological polar surface area (TPSA) is 64.7 Å². The Morgan fingerprint density at radius 3 is 2.38 bits per heavy atom. The van der Waals surface area contributed by atoms with E-state index < -0.39 is 6.04 Å². The number of amides is 2. The number of nitrogens with zero attached hydrogens (tertiary/aromatic N) is 2. The zero-order chi connectivity index (χ0) is 22.3. The Bertz CT molecular complexity index is 892. The lowest BCUT2D eigenvalue weighted by atomic mass is 10.0. The number of hydrogen-bond donors (Lipinski definition) is 2. The van der Waals surface area contributed by atoms with Gasteiger partial charge < -0.3 is 10.6 Å². The highest BCUT2D eigenvalue weighted by molar-refractivity contribution is 5.88. The number of piperazine rings is 1. The fourth-order valence-corrected chi connectivity index (χ4v) is 4.64. The van der Waals surface area contributed by atoms with Gasteiger partial charge in [-0.2, -0.15) is 0 Å². The van der Waals surface area contributed by atoms with Crippen LogP contribution in [0.1, 0.15) is 36.0 Å². The Kier molecular flexibility index (Phi) is 7.55. The van der Waals surface area contributed by atoms with Gasteiger partial charge >= 0.3 is 0 Å². The second-order valence-corrected chi connectivity index (χ2v) is 9.07. The lowest BCUT2D eigenvalue weighted by Crippen LogP contribution is -2.56. The Morgan fingerprint density at radius 2 is 1.66 bits per heavy atom. The van der Waals surface area contributed by atoms with Crippen LogP contribution in [0.15, 0.2) is 54.6 Å². The van der Waals surface area contributed by atoms with Crippen LogP contribution in [0.3, 0.4) is 0 Å². The molecule has 2 aromatic rings. The molecule has 32 heavy (non-hydrogen) atoms. The molecular weight excluding hydrogens is 400 g/mol. The molecule has 2 fully saturated rings.